The summed E-state index contributed by atoms with van der Waals surface area (Å²) >= 11 is 0. The van der Waals surface area contributed by atoms with Crippen molar-refractivity contribution < 1.29 is 9.59 Å². The lowest BCUT2D eigenvalue weighted by Crippen LogP contribution is -2.31. The number of anilines is 1. The van der Waals surface area contributed by atoms with Crippen LogP contribution in [0.5, 0.6) is 0 Å². The van der Waals surface area contributed by atoms with E-state index in [1.807, 2.05) is 42.5 Å². The number of hydrogen-bond acceptors (Lipinski definition) is 4. The maximum Gasteiger partial charge on any atom is 0.251 e. The molecule has 2 amide bonds. The van der Waals surface area contributed by atoms with Gasteiger partial charge in [-0.1, -0.05) is 30.3 Å². The number of nitrogens with zero attached hydrogens (tertiary/aromatic N) is 3. The lowest BCUT2D eigenvalue weighted by Gasteiger charge is -2.19. The summed E-state index contributed by atoms with van der Waals surface area (Å²) < 4.78 is 1.70. The molecule has 142 valence electrons. The van der Waals surface area contributed by atoms with Gasteiger partial charge in [0.25, 0.3) is 5.91 Å². The van der Waals surface area contributed by atoms with Crippen molar-refractivity contribution in [3.8, 4) is 0 Å². The van der Waals surface area contributed by atoms with E-state index >= 15 is 0 Å². The Hall–Kier alpha value is -3.48. The molecule has 4 rings (SSSR count). The van der Waals surface area contributed by atoms with E-state index in [0.29, 0.717) is 18.5 Å². The Morgan fingerprint density at radius 2 is 2.04 bits per heavy atom. The van der Waals surface area contributed by atoms with Crippen molar-refractivity contribution in [2.75, 3.05) is 5.32 Å². The fraction of sp³-hybridized carbons (Fsp3) is 0.238. The first-order valence-corrected chi connectivity index (χ1v) is 9.30. The summed E-state index contributed by atoms with van der Waals surface area (Å²) in [6.45, 7) is 0.483. The number of aryl methyl sites for hydroxylation is 1. The van der Waals surface area contributed by atoms with Gasteiger partial charge in [0.15, 0.2) is 0 Å². The van der Waals surface area contributed by atoms with Crippen LogP contribution >= 0.6 is 0 Å². The molecule has 0 saturated heterocycles. The van der Waals surface area contributed by atoms with Gasteiger partial charge >= 0.3 is 0 Å². The second kappa shape index (κ2) is 8.04. The minimum Gasteiger partial charge on any atom is -0.343 e. The van der Waals surface area contributed by atoms with Crippen LogP contribution in [0.25, 0.3) is 0 Å². The molecule has 1 atom stereocenters. The Bertz CT molecular complexity index is 970. The van der Waals surface area contributed by atoms with Crippen LogP contribution in [0.2, 0.25) is 0 Å². The van der Waals surface area contributed by atoms with Gasteiger partial charge in [-0.05, 0) is 42.2 Å². The van der Waals surface area contributed by atoms with E-state index in [0.717, 1.165) is 29.7 Å². The number of carbonyl (C=O) groups excluding carboxylic acids is 2. The van der Waals surface area contributed by atoms with Gasteiger partial charge in [0.05, 0.1) is 12.6 Å². The number of carbonyl (C=O) groups is 2. The molecule has 0 spiro atoms. The highest BCUT2D eigenvalue weighted by atomic mass is 16.2. The molecule has 1 aliphatic rings. The van der Waals surface area contributed by atoms with E-state index in [2.05, 4.69) is 20.7 Å². The first-order chi connectivity index (χ1) is 13.7. The summed E-state index contributed by atoms with van der Waals surface area (Å²) in [7, 11) is 0. The molecule has 2 N–H and O–H groups in total. The molecule has 7 heteroatoms. The molecule has 0 aliphatic carbocycles. The monoisotopic (exact) mass is 375 g/mol. The van der Waals surface area contributed by atoms with Crippen molar-refractivity contribution in [3.05, 3.63) is 77.9 Å². The van der Waals surface area contributed by atoms with Crippen molar-refractivity contribution >= 4 is 17.5 Å². The molecule has 7 nitrogen and oxygen atoms in total. The lowest BCUT2D eigenvalue weighted by atomic mass is 10.0. The summed E-state index contributed by atoms with van der Waals surface area (Å²) in [4.78, 5) is 28.6. The molecular weight excluding hydrogens is 354 g/mol. The maximum atomic E-state index is 12.9. The smallest absolute Gasteiger partial charge is 0.251 e. The normalized spacial score (nSPS) is 14.5. The van der Waals surface area contributed by atoms with Gasteiger partial charge in [-0.3, -0.25) is 14.3 Å². The van der Waals surface area contributed by atoms with Crippen molar-refractivity contribution in [3.63, 3.8) is 0 Å². The zero-order valence-electron chi connectivity index (χ0n) is 15.3. The van der Waals surface area contributed by atoms with Crippen LogP contribution in [0.1, 0.15) is 40.4 Å². The number of nitrogens with one attached hydrogen (secondary N) is 2. The number of rotatable bonds is 5. The third-order valence-corrected chi connectivity index (χ3v) is 4.83. The predicted octanol–water partition coefficient (Wildman–Crippen LogP) is 2.72. The fourth-order valence-corrected chi connectivity index (χ4v) is 3.39. The predicted molar refractivity (Wildman–Crippen MR) is 105 cm³/mol. The number of amides is 2. The van der Waals surface area contributed by atoms with Crippen LogP contribution in [-0.2, 0) is 17.8 Å². The minimum absolute atomic E-state index is 0.0212. The minimum atomic E-state index is -0.242. The Morgan fingerprint density at radius 3 is 2.82 bits per heavy atom. The summed E-state index contributed by atoms with van der Waals surface area (Å²) in [5, 5.41) is 10.2. The summed E-state index contributed by atoms with van der Waals surface area (Å²) in [6, 6.07) is 15.0. The first-order valence-electron chi connectivity index (χ1n) is 9.30. The van der Waals surface area contributed by atoms with Crippen LogP contribution in [0.4, 0.5) is 5.69 Å². The lowest BCUT2D eigenvalue weighted by molar-refractivity contribution is -0.116. The van der Waals surface area contributed by atoms with Crippen LogP contribution in [0.3, 0.4) is 0 Å². The zero-order valence-corrected chi connectivity index (χ0v) is 15.3. The average Bonchev–Trinajstić information content (AvgIpc) is 3.15. The highest BCUT2D eigenvalue weighted by Crippen LogP contribution is 2.24. The van der Waals surface area contributed by atoms with Crippen LogP contribution in [-0.4, -0.2) is 26.6 Å². The Morgan fingerprint density at radius 1 is 1.18 bits per heavy atom. The van der Waals surface area contributed by atoms with Gasteiger partial charge in [0.2, 0.25) is 5.91 Å². The summed E-state index contributed by atoms with van der Waals surface area (Å²) in [5.41, 5.74) is 3.36. The van der Waals surface area contributed by atoms with E-state index in [4.69, 9.17) is 0 Å². The second-order valence-corrected chi connectivity index (χ2v) is 6.83. The summed E-state index contributed by atoms with van der Waals surface area (Å²) in [5.74, 6) is -0.139. The van der Waals surface area contributed by atoms with Gasteiger partial charge < -0.3 is 10.6 Å². The molecule has 0 radical (unpaired) electrons. The third kappa shape index (κ3) is 4.09. The van der Waals surface area contributed by atoms with Crippen LogP contribution in [0.15, 0.2) is 61.2 Å². The molecule has 0 fully saturated rings. The van der Waals surface area contributed by atoms with Crippen LogP contribution in [0, 0.1) is 0 Å². The van der Waals surface area contributed by atoms with Gasteiger partial charge in [0.1, 0.15) is 12.7 Å². The molecule has 2 heterocycles. The maximum absolute atomic E-state index is 12.9. The molecule has 0 bridgehead atoms. The van der Waals surface area contributed by atoms with Crippen molar-refractivity contribution in [2.24, 2.45) is 0 Å². The molecule has 1 unspecified atom stereocenters. The van der Waals surface area contributed by atoms with Gasteiger partial charge in [-0.2, -0.15) is 5.10 Å². The topological polar surface area (TPSA) is 88.9 Å². The molecule has 2 aromatic carbocycles. The van der Waals surface area contributed by atoms with Crippen molar-refractivity contribution in [1.29, 1.82) is 0 Å². The Labute approximate surface area is 162 Å². The largest absolute Gasteiger partial charge is 0.343 e. The third-order valence-electron chi connectivity index (χ3n) is 4.83. The van der Waals surface area contributed by atoms with Gasteiger partial charge in [-0.15, -0.1) is 0 Å². The van der Waals surface area contributed by atoms with E-state index in [9.17, 15) is 9.59 Å². The molecule has 1 aromatic heterocycles. The van der Waals surface area contributed by atoms with E-state index < -0.39 is 0 Å². The number of hydrogen-bond donors (Lipinski definition) is 2. The van der Waals surface area contributed by atoms with E-state index in [1.54, 1.807) is 17.1 Å². The molecule has 1 aliphatic heterocycles. The standard InChI is InChI=1S/C21H21N5O2/c27-20-8-4-7-16-11-17(9-10-18(16)24-20)21(28)25-19(12-26-14-22-13-23-26)15-5-2-1-3-6-15/h1-3,5-6,9-11,13-14,19H,4,7-8,12H2,(H,24,27)(H,25,28). The zero-order chi connectivity index (χ0) is 19.3. The van der Waals surface area contributed by atoms with Gasteiger partial charge in [-0.25, -0.2) is 4.98 Å². The van der Waals surface area contributed by atoms with Crippen molar-refractivity contribution in [2.45, 2.75) is 31.8 Å². The Balaban J connectivity index is 1.56. The fourth-order valence-electron chi connectivity index (χ4n) is 3.39. The molecule has 3 aromatic rings. The highest BCUT2D eigenvalue weighted by Gasteiger charge is 2.19. The number of fused-ring (bicyclic) bond motifs is 1. The number of aromatic nitrogens is 3. The van der Waals surface area contributed by atoms with Crippen molar-refractivity contribution in [1.82, 2.24) is 20.1 Å². The molecule has 0 saturated carbocycles. The van der Waals surface area contributed by atoms with Crippen LogP contribution < -0.4 is 10.6 Å². The van der Waals surface area contributed by atoms with E-state index in [-0.39, 0.29) is 17.9 Å². The highest BCUT2D eigenvalue weighted by molar-refractivity contribution is 5.97. The first kappa shape index (κ1) is 17.9. The molecule has 28 heavy (non-hydrogen) atoms. The van der Waals surface area contributed by atoms with Gasteiger partial charge in [0, 0.05) is 17.7 Å². The van der Waals surface area contributed by atoms with E-state index in [1.165, 1.54) is 6.33 Å². The SMILES string of the molecule is O=C1CCCc2cc(C(=O)NC(Cn3cncn3)c3ccccc3)ccc2N1. The Kier molecular flexibility index (Phi) is 5.14. The molecular formula is C21H21N5O2. The summed E-state index contributed by atoms with van der Waals surface area (Å²) in [6.07, 6.45) is 5.17. The quantitative estimate of drug-likeness (QED) is 0.718. The number of benzene rings is 2. The average molecular weight is 375 g/mol. The second-order valence-electron chi connectivity index (χ2n) is 6.83.